The van der Waals surface area contributed by atoms with Gasteiger partial charge in [0.05, 0.1) is 11.1 Å². The molecular weight excluding hydrogens is 568 g/mol. The fourth-order valence-electron chi connectivity index (χ4n) is 4.53. The van der Waals surface area contributed by atoms with Crippen LogP contribution in [0.2, 0.25) is 0 Å². The van der Waals surface area contributed by atoms with Gasteiger partial charge in [0, 0.05) is 30.0 Å². The van der Waals surface area contributed by atoms with Crippen molar-refractivity contribution in [2.45, 2.75) is 46.1 Å². The van der Waals surface area contributed by atoms with E-state index in [2.05, 4.69) is 20.7 Å². The first-order valence-corrected chi connectivity index (χ1v) is 14.1. The number of fused-ring (bicyclic) bond motifs is 1. The second kappa shape index (κ2) is 12.8. The Kier molecular flexibility index (Phi) is 8.74. The number of benzene rings is 2. The van der Waals surface area contributed by atoms with Gasteiger partial charge in [0.15, 0.2) is 5.82 Å². The van der Waals surface area contributed by atoms with Crippen molar-refractivity contribution >= 4 is 40.9 Å². The number of hydrogen-bond donors (Lipinski definition) is 3. The van der Waals surface area contributed by atoms with Gasteiger partial charge >= 0.3 is 12.1 Å². The summed E-state index contributed by atoms with van der Waals surface area (Å²) in [4.78, 5) is 56.7. The minimum absolute atomic E-state index is 0.0123. The molecule has 1 aliphatic rings. The Balaban J connectivity index is 1.33. The molecular formula is C31H32N6O7. The highest BCUT2D eigenvalue weighted by atomic mass is 16.7. The molecule has 0 spiro atoms. The average molecular weight is 601 g/mol. The summed E-state index contributed by atoms with van der Waals surface area (Å²) >= 11 is 0. The summed E-state index contributed by atoms with van der Waals surface area (Å²) < 4.78 is 11.6. The van der Waals surface area contributed by atoms with E-state index in [1.165, 1.54) is 41.3 Å². The van der Waals surface area contributed by atoms with E-state index >= 15 is 0 Å². The lowest BCUT2D eigenvalue weighted by Crippen LogP contribution is -2.38. The number of hydrogen-bond acceptors (Lipinski definition) is 10. The molecule has 1 aliphatic carbocycles. The lowest BCUT2D eigenvalue weighted by molar-refractivity contribution is -0.0105. The molecule has 13 nitrogen and oxygen atoms in total. The molecule has 1 fully saturated rings. The number of rotatable bonds is 10. The standard InChI is InChI=1S/C31H32N6O7/c1-4-13-36(31(42)44-17-43-30(41)20-7-11-23(38)12-8-20)29(40)24-15-37-26(19(24)3)27(32-16-33-37)35-25-14-21(6-5-18(25)2)28(39)34-22-9-10-22/h5-8,11-12,14-16,22,38H,4,9-10,13,17H2,1-3H3,(H,34,39)(H,32,33,35). The molecule has 3 amide bonds. The molecule has 4 aromatic rings. The fraction of sp³-hybridized carbons (Fsp3) is 0.290. The minimum atomic E-state index is -0.980. The predicted octanol–water partition coefficient (Wildman–Crippen LogP) is 4.49. The van der Waals surface area contributed by atoms with Crippen molar-refractivity contribution in [3.8, 4) is 5.75 Å². The number of anilines is 2. The number of aromatic nitrogens is 3. The van der Waals surface area contributed by atoms with Crippen molar-refractivity contribution < 1.29 is 33.8 Å². The van der Waals surface area contributed by atoms with Crippen LogP contribution in [-0.2, 0) is 9.47 Å². The average Bonchev–Trinajstić information content (AvgIpc) is 3.76. The molecule has 1 saturated carbocycles. The molecule has 2 aromatic heterocycles. The molecule has 13 heteroatoms. The van der Waals surface area contributed by atoms with Crippen LogP contribution in [0.25, 0.3) is 5.52 Å². The van der Waals surface area contributed by atoms with Gasteiger partial charge in [0.2, 0.25) is 6.79 Å². The summed E-state index contributed by atoms with van der Waals surface area (Å²) in [5.41, 5.74) is 3.45. The molecule has 0 bridgehead atoms. The van der Waals surface area contributed by atoms with Crippen LogP contribution in [0.1, 0.15) is 68.4 Å². The third-order valence-electron chi connectivity index (χ3n) is 7.11. The maximum Gasteiger partial charge on any atom is 0.419 e. The zero-order valence-electron chi connectivity index (χ0n) is 24.5. The van der Waals surface area contributed by atoms with Gasteiger partial charge in [-0.05, 0) is 80.6 Å². The van der Waals surface area contributed by atoms with E-state index in [4.69, 9.17) is 9.47 Å². The lowest BCUT2D eigenvalue weighted by Gasteiger charge is -2.19. The molecule has 228 valence electrons. The van der Waals surface area contributed by atoms with Crippen LogP contribution in [0, 0.1) is 13.8 Å². The van der Waals surface area contributed by atoms with Gasteiger partial charge in [-0.25, -0.2) is 24.0 Å². The number of esters is 1. The Bertz CT molecular complexity index is 1730. The molecule has 0 radical (unpaired) electrons. The summed E-state index contributed by atoms with van der Waals surface area (Å²) in [6.07, 6.45) is 4.29. The Morgan fingerprint density at radius 2 is 1.77 bits per heavy atom. The second-order valence-electron chi connectivity index (χ2n) is 10.4. The molecule has 2 aromatic carbocycles. The zero-order valence-corrected chi connectivity index (χ0v) is 24.5. The SMILES string of the molecule is CCCN(C(=O)OCOC(=O)c1ccc(O)cc1)C(=O)c1cn2ncnc(Nc3cc(C(=O)NC4CC4)ccc3C)c2c1C. The number of amides is 3. The molecule has 2 heterocycles. The first-order chi connectivity index (χ1) is 21.2. The quantitative estimate of drug-likeness (QED) is 0.174. The van der Waals surface area contributed by atoms with Gasteiger partial charge in [-0.15, -0.1) is 0 Å². The third-order valence-corrected chi connectivity index (χ3v) is 7.11. The highest BCUT2D eigenvalue weighted by Gasteiger charge is 2.28. The Hall–Kier alpha value is -5.46. The maximum absolute atomic E-state index is 13.6. The Morgan fingerprint density at radius 3 is 2.48 bits per heavy atom. The van der Waals surface area contributed by atoms with E-state index in [0.29, 0.717) is 34.6 Å². The number of nitrogens with zero attached hydrogens (tertiary/aromatic N) is 4. The van der Waals surface area contributed by atoms with Crippen molar-refractivity contribution in [3.63, 3.8) is 0 Å². The van der Waals surface area contributed by atoms with E-state index in [0.717, 1.165) is 23.3 Å². The molecule has 0 aliphatic heterocycles. The molecule has 0 atom stereocenters. The van der Waals surface area contributed by atoms with Gasteiger partial charge in [0.1, 0.15) is 17.6 Å². The van der Waals surface area contributed by atoms with Crippen molar-refractivity contribution in [1.29, 1.82) is 0 Å². The predicted molar refractivity (Wildman–Crippen MR) is 159 cm³/mol. The van der Waals surface area contributed by atoms with Crippen molar-refractivity contribution in [2.24, 2.45) is 0 Å². The van der Waals surface area contributed by atoms with Gasteiger partial charge in [-0.1, -0.05) is 13.0 Å². The first-order valence-electron chi connectivity index (χ1n) is 14.1. The van der Waals surface area contributed by atoms with Crippen LogP contribution in [0.3, 0.4) is 0 Å². The Morgan fingerprint density at radius 1 is 1.05 bits per heavy atom. The first kappa shape index (κ1) is 30.0. The monoisotopic (exact) mass is 600 g/mol. The number of phenolic OH excluding ortho intramolecular Hbond substituents is 1. The minimum Gasteiger partial charge on any atom is -0.508 e. The van der Waals surface area contributed by atoms with Crippen LogP contribution in [-0.4, -0.2) is 67.9 Å². The molecule has 5 rings (SSSR count). The number of carbonyl (C=O) groups excluding carboxylic acids is 4. The smallest absolute Gasteiger partial charge is 0.419 e. The molecule has 3 N–H and O–H groups in total. The largest absolute Gasteiger partial charge is 0.508 e. The van der Waals surface area contributed by atoms with Gasteiger partial charge in [-0.2, -0.15) is 5.10 Å². The van der Waals surface area contributed by atoms with E-state index in [-0.39, 0.29) is 35.4 Å². The summed E-state index contributed by atoms with van der Waals surface area (Å²) in [7, 11) is 0. The Labute approximate surface area is 252 Å². The number of phenols is 1. The topological polar surface area (TPSA) is 164 Å². The van der Waals surface area contributed by atoms with E-state index in [1.54, 1.807) is 26.0 Å². The molecule has 0 unspecified atom stereocenters. The second-order valence-corrected chi connectivity index (χ2v) is 10.4. The van der Waals surface area contributed by atoms with Crippen LogP contribution in [0.5, 0.6) is 5.75 Å². The third kappa shape index (κ3) is 6.61. The van der Waals surface area contributed by atoms with E-state index < -0.39 is 24.8 Å². The number of imide groups is 1. The number of ether oxygens (including phenoxy) is 2. The van der Waals surface area contributed by atoms with Crippen molar-refractivity contribution in [2.75, 3.05) is 18.7 Å². The van der Waals surface area contributed by atoms with Crippen molar-refractivity contribution in [1.82, 2.24) is 24.8 Å². The highest BCUT2D eigenvalue weighted by molar-refractivity contribution is 6.06. The number of carbonyl (C=O) groups is 4. The fourth-order valence-corrected chi connectivity index (χ4v) is 4.53. The summed E-state index contributed by atoms with van der Waals surface area (Å²) in [5, 5.41) is 19.9. The van der Waals surface area contributed by atoms with Crippen LogP contribution < -0.4 is 10.6 Å². The van der Waals surface area contributed by atoms with Gasteiger partial charge in [-0.3, -0.25) is 9.59 Å². The summed E-state index contributed by atoms with van der Waals surface area (Å²) in [5.74, 6) is -1.13. The normalized spacial score (nSPS) is 12.4. The van der Waals surface area contributed by atoms with E-state index in [9.17, 15) is 24.3 Å². The van der Waals surface area contributed by atoms with Crippen LogP contribution in [0.15, 0.2) is 55.0 Å². The summed E-state index contributed by atoms with van der Waals surface area (Å²) in [6, 6.07) is 11.0. The summed E-state index contributed by atoms with van der Waals surface area (Å²) in [6.45, 7) is 4.77. The van der Waals surface area contributed by atoms with Crippen LogP contribution >= 0.6 is 0 Å². The van der Waals surface area contributed by atoms with Crippen LogP contribution in [0.4, 0.5) is 16.3 Å². The number of nitrogens with one attached hydrogen (secondary N) is 2. The van der Waals surface area contributed by atoms with E-state index in [1.807, 2.05) is 13.0 Å². The van der Waals surface area contributed by atoms with Crippen molar-refractivity contribution in [3.05, 3.63) is 82.8 Å². The molecule has 0 saturated heterocycles. The maximum atomic E-state index is 13.6. The molecule has 44 heavy (non-hydrogen) atoms. The lowest BCUT2D eigenvalue weighted by atomic mass is 10.1. The highest BCUT2D eigenvalue weighted by Crippen LogP contribution is 2.29. The van der Waals surface area contributed by atoms with Gasteiger partial charge < -0.3 is 25.2 Å². The van der Waals surface area contributed by atoms with Gasteiger partial charge in [0.25, 0.3) is 11.8 Å². The number of aromatic hydroxyl groups is 1. The zero-order chi connectivity index (χ0) is 31.4. The number of aryl methyl sites for hydroxylation is 2.